The first kappa shape index (κ1) is 15.8. The molecule has 2 aromatic heterocycles. The molecule has 6 heteroatoms. The van der Waals surface area contributed by atoms with Crippen LogP contribution in [0.2, 0.25) is 0 Å². The predicted molar refractivity (Wildman–Crippen MR) is 105 cm³/mol. The van der Waals surface area contributed by atoms with Crippen LogP contribution in [0.5, 0.6) is 0 Å². The Bertz CT molecular complexity index is 1210. The van der Waals surface area contributed by atoms with Crippen molar-refractivity contribution in [3.8, 4) is 11.1 Å². The lowest BCUT2D eigenvalue weighted by Gasteiger charge is -2.27. The standard InChI is InChI=1S/C21H18N4O2/c22-19-18-17(10-25(14-4-2-5-14)20(18)24-11-23-19)13-7-8-15-12(9-13)3-1-6-16(15)21(26)27/h1,3,6-11,14H,2,4-5H2,(H,26,27)(H2,22,23,24). The Kier molecular flexibility index (Phi) is 3.40. The molecule has 0 atom stereocenters. The number of hydrogen-bond acceptors (Lipinski definition) is 4. The second kappa shape index (κ2) is 5.81. The fourth-order valence-corrected chi connectivity index (χ4v) is 3.91. The van der Waals surface area contributed by atoms with E-state index in [4.69, 9.17) is 5.73 Å². The molecule has 1 aliphatic carbocycles. The number of carboxylic acids is 1. The largest absolute Gasteiger partial charge is 0.478 e. The van der Waals surface area contributed by atoms with E-state index in [0.29, 0.717) is 17.4 Å². The molecule has 0 unspecified atom stereocenters. The monoisotopic (exact) mass is 358 g/mol. The molecule has 2 aromatic carbocycles. The molecule has 6 nitrogen and oxygen atoms in total. The van der Waals surface area contributed by atoms with Crippen LogP contribution < -0.4 is 5.73 Å². The molecule has 0 spiro atoms. The summed E-state index contributed by atoms with van der Waals surface area (Å²) in [6, 6.07) is 11.6. The maximum absolute atomic E-state index is 11.5. The highest BCUT2D eigenvalue weighted by Crippen LogP contribution is 2.40. The van der Waals surface area contributed by atoms with Gasteiger partial charge in [-0.25, -0.2) is 14.8 Å². The smallest absolute Gasteiger partial charge is 0.336 e. The summed E-state index contributed by atoms with van der Waals surface area (Å²) in [5.41, 5.74) is 9.33. The van der Waals surface area contributed by atoms with Crippen LogP contribution >= 0.6 is 0 Å². The van der Waals surface area contributed by atoms with Gasteiger partial charge in [-0.15, -0.1) is 0 Å². The number of rotatable bonds is 3. The highest BCUT2D eigenvalue weighted by Gasteiger charge is 2.24. The molecule has 4 aromatic rings. The van der Waals surface area contributed by atoms with Crippen LogP contribution in [-0.4, -0.2) is 25.6 Å². The average Bonchev–Trinajstić information content (AvgIpc) is 3.00. The van der Waals surface area contributed by atoms with Crippen molar-refractivity contribution in [1.82, 2.24) is 14.5 Å². The molecule has 3 N–H and O–H groups in total. The lowest BCUT2D eigenvalue weighted by Crippen LogP contribution is -2.16. The van der Waals surface area contributed by atoms with Gasteiger partial charge < -0.3 is 15.4 Å². The highest BCUT2D eigenvalue weighted by atomic mass is 16.4. The predicted octanol–water partition coefficient (Wildman–Crippen LogP) is 4.26. The van der Waals surface area contributed by atoms with E-state index in [9.17, 15) is 9.90 Å². The molecule has 1 aliphatic rings. The Hall–Kier alpha value is -3.41. The van der Waals surface area contributed by atoms with Crippen LogP contribution in [-0.2, 0) is 0 Å². The summed E-state index contributed by atoms with van der Waals surface area (Å²) < 4.78 is 2.21. The number of aromatic carboxylic acids is 1. The summed E-state index contributed by atoms with van der Waals surface area (Å²) in [5, 5.41) is 11.9. The van der Waals surface area contributed by atoms with Gasteiger partial charge in [0, 0.05) is 17.8 Å². The van der Waals surface area contributed by atoms with Crippen LogP contribution in [0.25, 0.3) is 32.9 Å². The van der Waals surface area contributed by atoms with E-state index in [1.54, 1.807) is 12.1 Å². The second-order valence-electron chi connectivity index (χ2n) is 7.04. The molecular formula is C21H18N4O2. The summed E-state index contributed by atoms with van der Waals surface area (Å²) >= 11 is 0. The molecule has 0 saturated heterocycles. The van der Waals surface area contributed by atoms with Gasteiger partial charge in [0.2, 0.25) is 0 Å². The minimum atomic E-state index is -0.924. The van der Waals surface area contributed by atoms with Crippen molar-refractivity contribution in [2.45, 2.75) is 25.3 Å². The summed E-state index contributed by atoms with van der Waals surface area (Å²) in [6.07, 6.45) is 7.14. The van der Waals surface area contributed by atoms with Gasteiger partial charge >= 0.3 is 5.97 Å². The Labute approximate surface area is 155 Å². The number of carboxylic acid groups (broad SMARTS) is 1. The van der Waals surface area contributed by atoms with E-state index >= 15 is 0 Å². The Morgan fingerprint density at radius 3 is 2.78 bits per heavy atom. The molecule has 1 fully saturated rings. The molecule has 0 bridgehead atoms. The number of fused-ring (bicyclic) bond motifs is 2. The van der Waals surface area contributed by atoms with Gasteiger partial charge in [-0.05, 0) is 47.7 Å². The first-order chi connectivity index (χ1) is 13.1. The zero-order chi connectivity index (χ0) is 18.5. The minimum Gasteiger partial charge on any atom is -0.478 e. The maximum atomic E-state index is 11.5. The van der Waals surface area contributed by atoms with E-state index in [-0.39, 0.29) is 0 Å². The Morgan fingerprint density at radius 1 is 1.19 bits per heavy atom. The summed E-state index contributed by atoms with van der Waals surface area (Å²) in [5.74, 6) is -0.458. The molecule has 0 amide bonds. The molecule has 5 rings (SSSR count). The quantitative estimate of drug-likeness (QED) is 0.571. The number of anilines is 1. The van der Waals surface area contributed by atoms with Crippen LogP contribution in [0.15, 0.2) is 48.9 Å². The van der Waals surface area contributed by atoms with Crippen molar-refractivity contribution in [3.05, 3.63) is 54.5 Å². The Morgan fingerprint density at radius 2 is 2.04 bits per heavy atom. The van der Waals surface area contributed by atoms with E-state index < -0.39 is 5.97 Å². The van der Waals surface area contributed by atoms with Crippen molar-refractivity contribution in [1.29, 1.82) is 0 Å². The van der Waals surface area contributed by atoms with Gasteiger partial charge in [0.1, 0.15) is 17.8 Å². The van der Waals surface area contributed by atoms with Crippen LogP contribution in [0.1, 0.15) is 35.7 Å². The second-order valence-corrected chi connectivity index (χ2v) is 7.04. The van der Waals surface area contributed by atoms with E-state index in [2.05, 4.69) is 20.7 Å². The normalized spacial score (nSPS) is 14.5. The number of carbonyl (C=O) groups is 1. The topological polar surface area (TPSA) is 94.0 Å². The minimum absolute atomic E-state index is 0.304. The highest BCUT2D eigenvalue weighted by molar-refractivity contribution is 6.06. The van der Waals surface area contributed by atoms with Gasteiger partial charge in [-0.1, -0.05) is 24.3 Å². The van der Waals surface area contributed by atoms with E-state index in [1.165, 1.54) is 12.7 Å². The van der Waals surface area contributed by atoms with E-state index in [0.717, 1.165) is 45.8 Å². The Balaban J connectivity index is 1.75. The average molecular weight is 358 g/mol. The number of benzene rings is 2. The number of nitrogen functional groups attached to an aromatic ring is 1. The molecule has 2 heterocycles. The zero-order valence-corrected chi connectivity index (χ0v) is 14.6. The van der Waals surface area contributed by atoms with Crippen molar-refractivity contribution >= 4 is 33.6 Å². The molecule has 134 valence electrons. The van der Waals surface area contributed by atoms with Gasteiger partial charge in [0.25, 0.3) is 0 Å². The van der Waals surface area contributed by atoms with Gasteiger partial charge in [-0.2, -0.15) is 0 Å². The molecule has 27 heavy (non-hydrogen) atoms. The van der Waals surface area contributed by atoms with Crippen molar-refractivity contribution in [2.75, 3.05) is 5.73 Å². The lowest BCUT2D eigenvalue weighted by molar-refractivity contribution is 0.0699. The van der Waals surface area contributed by atoms with Gasteiger partial charge in [0.15, 0.2) is 0 Å². The van der Waals surface area contributed by atoms with Crippen molar-refractivity contribution in [2.24, 2.45) is 0 Å². The van der Waals surface area contributed by atoms with Crippen molar-refractivity contribution < 1.29 is 9.90 Å². The molecule has 0 aliphatic heterocycles. The van der Waals surface area contributed by atoms with Gasteiger partial charge in [0.05, 0.1) is 10.9 Å². The van der Waals surface area contributed by atoms with Crippen molar-refractivity contribution in [3.63, 3.8) is 0 Å². The SMILES string of the molecule is Nc1ncnc2c1c(-c1ccc3c(C(=O)O)cccc3c1)cn2C1CCC1. The fraction of sp³-hybridized carbons (Fsp3) is 0.190. The third-order valence-electron chi connectivity index (χ3n) is 5.53. The zero-order valence-electron chi connectivity index (χ0n) is 14.6. The number of nitrogens with two attached hydrogens (primary N) is 1. The van der Waals surface area contributed by atoms with Crippen LogP contribution in [0.3, 0.4) is 0 Å². The summed E-state index contributed by atoms with van der Waals surface area (Å²) in [7, 11) is 0. The molecular weight excluding hydrogens is 340 g/mol. The molecule has 1 saturated carbocycles. The molecule has 0 radical (unpaired) electrons. The van der Waals surface area contributed by atoms with E-state index in [1.807, 2.05) is 24.3 Å². The maximum Gasteiger partial charge on any atom is 0.336 e. The third-order valence-corrected chi connectivity index (χ3v) is 5.53. The summed E-state index contributed by atoms with van der Waals surface area (Å²) in [6.45, 7) is 0. The summed E-state index contributed by atoms with van der Waals surface area (Å²) in [4.78, 5) is 20.1. The lowest BCUT2D eigenvalue weighted by atomic mass is 9.93. The number of nitrogens with zero attached hydrogens (tertiary/aromatic N) is 3. The van der Waals surface area contributed by atoms with Gasteiger partial charge in [-0.3, -0.25) is 0 Å². The third kappa shape index (κ3) is 2.37. The van der Waals surface area contributed by atoms with Crippen LogP contribution in [0, 0.1) is 0 Å². The fourth-order valence-electron chi connectivity index (χ4n) is 3.91. The first-order valence-electron chi connectivity index (χ1n) is 9.01. The number of hydrogen-bond donors (Lipinski definition) is 2. The first-order valence-corrected chi connectivity index (χ1v) is 9.01. The number of aromatic nitrogens is 3. The van der Waals surface area contributed by atoms with Crippen LogP contribution in [0.4, 0.5) is 5.82 Å².